The van der Waals surface area contributed by atoms with E-state index in [-0.39, 0.29) is 17.3 Å². The summed E-state index contributed by atoms with van der Waals surface area (Å²) in [6.07, 6.45) is 3.30. The van der Waals surface area contributed by atoms with E-state index in [1.165, 1.54) is 6.07 Å². The third kappa shape index (κ3) is 2.88. The summed E-state index contributed by atoms with van der Waals surface area (Å²) in [6, 6.07) is 7.64. The van der Waals surface area contributed by atoms with Gasteiger partial charge in [-0.15, -0.1) is 0 Å². The number of nitrogens with zero attached hydrogens (tertiary/aromatic N) is 1. The summed E-state index contributed by atoms with van der Waals surface area (Å²) in [4.78, 5) is 15.0. The first-order valence-corrected chi connectivity index (χ1v) is 5.78. The van der Waals surface area contributed by atoms with Crippen molar-refractivity contribution in [2.45, 2.75) is 13.0 Å². The van der Waals surface area contributed by atoms with Gasteiger partial charge >= 0.3 is 5.97 Å². The highest BCUT2D eigenvalue weighted by Crippen LogP contribution is 2.24. The number of carboxylic acids is 1. The first-order chi connectivity index (χ1) is 9.09. The van der Waals surface area contributed by atoms with E-state index in [4.69, 9.17) is 5.11 Å². The highest BCUT2D eigenvalue weighted by Gasteiger charge is 2.17. The molecule has 0 spiro atoms. The second kappa shape index (κ2) is 5.48. The van der Waals surface area contributed by atoms with E-state index in [9.17, 15) is 9.18 Å². The Morgan fingerprint density at radius 3 is 2.63 bits per heavy atom. The maximum atomic E-state index is 13.5. The Morgan fingerprint density at radius 1 is 1.32 bits per heavy atom. The van der Waals surface area contributed by atoms with Crippen LogP contribution in [0.2, 0.25) is 0 Å². The number of aromatic nitrogens is 1. The number of benzene rings is 1. The number of carbonyl (C=O) groups is 1. The zero-order valence-corrected chi connectivity index (χ0v) is 10.3. The summed E-state index contributed by atoms with van der Waals surface area (Å²) < 4.78 is 13.5. The Bertz CT molecular complexity index is 587. The number of pyridine rings is 1. The van der Waals surface area contributed by atoms with Gasteiger partial charge in [0, 0.05) is 18.4 Å². The summed E-state index contributed by atoms with van der Waals surface area (Å²) in [7, 11) is 0. The molecule has 1 atom stereocenters. The van der Waals surface area contributed by atoms with E-state index >= 15 is 0 Å². The summed E-state index contributed by atoms with van der Waals surface area (Å²) in [5.74, 6) is -2.04. The molecule has 0 fully saturated rings. The largest absolute Gasteiger partial charge is 0.478 e. The zero-order valence-electron chi connectivity index (χ0n) is 10.3. The Hall–Kier alpha value is -2.43. The number of anilines is 1. The molecule has 1 aromatic heterocycles. The predicted molar refractivity (Wildman–Crippen MR) is 69.6 cm³/mol. The molecule has 4 nitrogen and oxygen atoms in total. The van der Waals surface area contributed by atoms with Gasteiger partial charge in [-0.3, -0.25) is 4.98 Å². The zero-order chi connectivity index (χ0) is 13.8. The van der Waals surface area contributed by atoms with Crippen LogP contribution in [0.4, 0.5) is 10.1 Å². The number of carboxylic acid groups (broad SMARTS) is 1. The fourth-order valence-electron chi connectivity index (χ4n) is 1.83. The first kappa shape index (κ1) is 13.0. The van der Waals surface area contributed by atoms with E-state index in [1.807, 2.05) is 19.1 Å². The fraction of sp³-hybridized carbons (Fsp3) is 0.143. The van der Waals surface area contributed by atoms with E-state index in [2.05, 4.69) is 10.3 Å². The Kier molecular flexibility index (Phi) is 3.75. The van der Waals surface area contributed by atoms with Gasteiger partial charge in [0.25, 0.3) is 0 Å². The van der Waals surface area contributed by atoms with Gasteiger partial charge < -0.3 is 10.4 Å². The summed E-state index contributed by atoms with van der Waals surface area (Å²) in [5, 5.41) is 12.0. The van der Waals surface area contributed by atoms with Crippen molar-refractivity contribution in [2.75, 3.05) is 5.32 Å². The van der Waals surface area contributed by atoms with E-state index in [0.717, 1.165) is 11.6 Å². The van der Waals surface area contributed by atoms with Crippen molar-refractivity contribution < 1.29 is 14.3 Å². The molecule has 0 amide bonds. The molecule has 1 unspecified atom stereocenters. The van der Waals surface area contributed by atoms with E-state index in [1.54, 1.807) is 18.5 Å². The molecule has 0 saturated carbocycles. The van der Waals surface area contributed by atoms with Crippen LogP contribution in [0, 0.1) is 5.82 Å². The van der Waals surface area contributed by atoms with Crippen LogP contribution in [0.5, 0.6) is 0 Å². The molecule has 0 radical (unpaired) electrons. The highest BCUT2D eigenvalue weighted by molar-refractivity contribution is 5.94. The lowest BCUT2D eigenvalue weighted by Gasteiger charge is -2.17. The molecule has 0 bridgehead atoms. The van der Waals surface area contributed by atoms with Gasteiger partial charge in [-0.25, -0.2) is 9.18 Å². The molecule has 0 aliphatic rings. The lowest BCUT2D eigenvalue weighted by atomic mass is 10.1. The third-order valence-electron chi connectivity index (χ3n) is 2.81. The van der Waals surface area contributed by atoms with Crippen LogP contribution < -0.4 is 5.32 Å². The topological polar surface area (TPSA) is 62.2 Å². The van der Waals surface area contributed by atoms with Crippen molar-refractivity contribution in [1.82, 2.24) is 4.98 Å². The minimum absolute atomic E-state index is 0.150. The van der Waals surface area contributed by atoms with Crippen LogP contribution in [0.3, 0.4) is 0 Å². The molecular formula is C14H13FN2O2. The van der Waals surface area contributed by atoms with Crippen LogP contribution in [0.1, 0.15) is 28.9 Å². The van der Waals surface area contributed by atoms with Crippen LogP contribution in [0.25, 0.3) is 0 Å². The van der Waals surface area contributed by atoms with Gasteiger partial charge in [0.05, 0.1) is 5.69 Å². The van der Waals surface area contributed by atoms with Crippen molar-refractivity contribution in [3.63, 3.8) is 0 Å². The number of halogens is 1. The second-order valence-corrected chi connectivity index (χ2v) is 4.11. The van der Waals surface area contributed by atoms with Crippen LogP contribution in [-0.4, -0.2) is 16.1 Å². The number of hydrogen-bond acceptors (Lipinski definition) is 3. The van der Waals surface area contributed by atoms with E-state index in [0.29, 0.717) is 0 Å². The first-order valence-electron chi connectivity index (χ1n) is 5.78. The molecule has 2 aromatic rings. The molecule has 5 heteroatoms. The quantitative estimate of drug-likeness (QED) is 0.886. The smallest absolute Gasteiger partial charge is 0.340 e. The number of aromatic carboxylic acids is 1. The van der Waals surface area contributed by atoms with Gasteiger partial charge in [0.2, 0.25) is 0 Å². The Labute approximate surface area is 109 Å². The van der Waals surface area contributed by atoms with Crippen molar-refractivity contribution in [3.8, 4) is 0 Å². The molecule has 2 N–H and O–H groups in total. The maximum Gasteiger partial charge on any atom is 0.340 e. The monoisotopic (exact) mass is 260 g/mol. The molecule has 19 heavy (non-hydrogen) atoms. The Balaban J connectivity index is 2.29. The SMILES string of the molecule is CC(Nc1cccc(F)c1C(=O)O)c1ccncc1. The normalized spacial score (nSPS) is 11.9. The van der Waals surface area contributed by atoms with Gasteiger partial charge in [0.1, 0.15) is 11.4 Å². The van der Waals surface area contributed by atoms with Crippen LogP contribution in [-0.2, 0) is 0 Å². The van der Waals surface area contributed by atoms with Gasteiger partial charge in [-0.1, -0.05) is 6.07 Å². The second-order valence-electron chi connectivity index (χ2n) is 4.11. The van der Waals surface area contributed by atoms with Crippen molar-refractivity contribution in [3.05, 3.63) is 59.7 Å². The lowest BCUT2D eigenvalue weighted by Crippen LogP contribution is -2.12. The number of rotatable bonds is 4. The molecule has 1 aromatic carbocycles. The van der Waals surface area contributed by atoms with Crippen molar-refractivity contribution >= 4 is 11.7 Å². The van der Waals surface area contributed by atoms with Crippen molar-refractivity contribution in [2.24, 2.45) is 0 Å². The third-order valence-corrected chi connectivity index (χ3v) is 2.81. The van der Waals surface area contributed by atoms with Crippen molar-refractivity contribution in [1.29, 1.82) is 0 Å². The van der Waals surface area contributed by atoms with Gasteiger partial charge in [0.15, 0.2) is 0 Å². The van der Waals surface area contributed by atoms with Crippen LogP contribution in [0.15, 0.2) is 42.7 Å². The average Bonchev–Trinajstić information content (AvgIpc) is 2.39. The van der Waals surface area contributed by atoms with Crippen LogP contribution >= 0.6 is 0 Å². The number of hydrogen-bond donors (Lipinski definition) is 2. The number of nitrogens with one attached hydrogen (secondary N) is 1. The summed E-state index contributed by atoms with van der Waals surface area (Å²) in [5.41, 5.74) is 0.857. The minimum atomic E-state index is -1.29. The Morgan fingerprint density at radius 2 is 2.00 bits per heavy atom. The summed E-state index contributed by atoms with van der Waals surface area (Å²) in [6.45, 7) is 1.87. The molecular weight excluding hydrogens is 247 g/mol. The minimum Gasteiger partial charge on any atom is -0.478 e. The van der Waals surface area contributed by atoms with Gasteiger partial charge in [-0.2, -0.15) is 0 Å². The molecule has 1 heterocycles. The molecule has 0 saturated heterocycles. The lowest BCUT2D eigenvalue weighted by molar-refractivity contribution is 0.0693. The molecule has 0 aliphatic heterocycles. The molecule has 2 rings (SSSR count). The molecule has 98 valence electrons. The standard InChI is InChI=1S/C14H13FN2O2/c1-9(10-5-7-16-8-6-10)17-12-4-2-3-11(15)13(12)14(18)19/h2-9,17H,1H3,(H,18,19). The summed E-state index contributed by atoms with van der Waals surface area (Å²) >= 11 is 0. The predicted octanol–water partition coefficient (Wildman–Crippen LogP) is 3.09. The highest BCUT2D eigenvalue weighted by atomic mass is 19.1. The fourth-order valence-corrected chi connectivity index (χ4v) is 1.83. The van der Waals surface area contributed by atoms with Gasteiger partial charge in [-0.05, 0) is 36.8 Å². The maximum absolute atomic E-state index is 13.5. The molecule has 0 aliphatic carbocycles. The average molecular weight is 260 g/mol. The van der Waals surface area contributed by atoms with E-state index < -0.39 is 11.8 Å².